The molecule has 1 atom stereocenters. The molecule has 1 fully saturated rings. The van der Waals surface area contributed by atoms with Crippen molar-refractivity contribution < 1.29 is 13.5 Å². The van der Waals surface area contributed by atoms with E-state index in [1.807, 2.05) is 31.2 Å². The number of rotatable bonds is 3. The van der Waals surface area contributed by atoms with Crippen LogP contribution < -0.4 is 0 Å². The molecule has 1 saturated heterocycles. The van der Waals surface area contributed by atoms with Crippen LogP contribution in [-0.2, 0) is 16.6 Å². The first kappa shape index (κ1) is 15.3. The van der Waals surface area contributed by atoms with Crippen LogP contribution in [0.15, 0.2) is 29.2 Å². The quantitative estimate of drug-likeness (QED) is 0.930. The van der Waals surface area contributed by atoms with E-state index in [1.54, 1.807) is 16.1 Å². The maximum Gasteiger partial charge on any atom is 0.244 e. The van der Waals surface area contributed by atoms with E-state index >= 15 is 0 Å². The van der Waals surface area contributed by atoms with Gasteiger partial charge in [-0.15, -0.1) is 11.3 Å². The summed E-state index contributed by atoms with van der Waals surface area (Å²) in [6.07, 6.45) is 0. The third-order valence-electron chi connectivity index (χ3n) is 3.56. The first-order valence-electron chi connectivity index (χ1n) is 6.77. The Kier molecular flexibility index (Phi) is 4.29. The Bertz CT molecular complexity index is 754. The lowest BCUT2D eigenvalue weighted by Crippen LogP contribution is -2.41. The van der Waals surface area contributed by atoms with E-state index in [0.717, 1.165) is 15.8 Å². The van der Waals surface area contributed by atoms with Gasteiger partial charge in [0.15, 0.2) is 0 Å². The minimum Gasteiger partial charge on any atom is -0.391 e. The Morgan fingerprint density at radius 3 is 2.86 bits per heavy atom. The van der Waals surface area contributed by atoms with Crippen molar-refractivity contribution in [3.8, 4) is 0 Å². The Morgan fingerprint density at radius 1 is 1.38 bits per heavy atom. The average Bonchev–Trinajstić information content (AvgIpc) is 2.86. The highest BCUT2D eigenvalue weighted by molar-refractivity contribution is 8.00. The molecule has 0 amide bonds. The lowest BCUT2D eigenvalue weighted by atomic mass is 10.2. The number of nitrogens with zero attached hydrogens (tertiary/aromatic N) is 1. The van der Waals surface area contributed by atoms with E-state index < -0.39 is 10.0 Å². The fourth-order valence-corrected chi connectivity index (χ4v) is 7.10. The van der Waals surface area contributed by atoms with Crippen molar-refractivity contribution in [2.75, 3.05) is 18.8 Å². The zero-order valence-corrected chi connectivity index (χ0v) is 14.1. The molecule has 7 heteroatoms. The molecule has 0 radical (unpaired) electrons. The van der Waals surface area contributed by atoms with Gasteiger partial charge in [-0.25, -0.2) is 8.42 Å². The van der Waals surface area contributed by atoms with Crippen LogP contribution in [0.2, 0.25) is 0 Å². The SMILES string of the molecule is CC1CN(S(=O)(=O)c2c(CO)sc3ccccc23)CCS1. The molecule has 1 aromatic heterocycles. The summed E-state index contributed by atoms with van der Waals surface area (Å²) in [5.41, 5.74) is 0. The van der Waals surface area contributed by atoms with Crippen molar-refractivity contribution in [1.29, 1.82) is 0 Å². The zero-order chi connectivity index (χ0) is 15.0. The van der Waals surface area contributed by atoms with Crippen molar-refractivity contribution >= 4 is 43.2 Å². The normalized spacial score (nSPS) is 21.0. The molecule has 3 rings (SSSR count). The maximum absolute atomic E-state index is 13.0. The highest BCUT2D eigenvalue weighted by atomic mass is 32.2. The number of aliphatic hydroxyl groups is 1. The van der Waals surface area contributed by atoms with Gasteiger partial charge in [0.05, 0.1) is 11.5 Å². The number of hydrogen-bond donors (Lipinski definition) is 1. The van der Waals surface area contributed by atoms with Gasteiger partial charge in [-0.2, -0.15) is 16.1 Å². The molecule has 1 aromatic carbocycles. The molecule has 0 aliphatic carbocycles. The van der Waals surface area contributed by atoms with Gasteiger partial charge < -0.3 is 5.11 Å². The zero-order valence-electron chi connectivity index (χ0n) is 11.7. The molecule has 2 heterocycles. The van der Waals surface area contributed by atoms with Crippen LogP contribution in [0, 0.1) is 0 Å². The summed E-state index contributed by atoms with van der Waals surface area (Å²) in [6, 6.07) is 7.44. The van der Waals surface area contributed by atoms with Crippen LogP contribution in [0.5, 0.6) is 0 Å². The number of aliphatic hydroxyl groups excluding tert-OH is 1. The van der Waals surface area contributed by atoms with Crippen molar-refractivity contribution in [2.24, 2.45) is 0 Å². The lowest BCUT2D eigenvalue weighted by Gasteiger charge is -2.29. The first-order valence-corrected chi connectivity index (χ1v) is 10.1. The van der Waals surface area contributed by atoms with Crippen molar-refractivity contribution in [3.05, 3.63) is 29.1 Å². The Balaban J connectivity index is 2.14. The molecule has 2 aromatic rings. The number of sulfonamides is 1. The molecular weight excluding hydrogens is 326 g/mol. The Labute approximate surface area is 132 Å². The monoisotopic (exact) mass is 343 g/mol. The van der Waals surface area contributed by atoms with Gasteiger partial charge in [-0.1, -0.05) is 25.1 Å². The second-order valence-corrected chi connectivity index (χ2v) is 9.61. The van der Waals surface area contributed by atoms with E-state index in [2.05, 4.69) is 0 Å². The predicted molar refractivity (Wildman–Crippen MR) is 88.4 cm³/mol. The van der Waals surface area contributed by atoms with Gasteiger partial charge in [-0.3, -0.25) is 0 Å². The predicted octanol–water partition coefficient (Wildman–Crippen LogP) is 2.52. The molecule has 0 saturated carbocycles. The van der Waals surface area contributed by atoms with Crippen LogP contribution in [-0.4, -0.2) is 41.9 Å². The van der Waals surface area contributed by atoms with Crippen LogP contribution in [0.4, 0.5) is 0 Å². The topological polar surface area (TPSA) is 57.6 Å². The Hall–Kier alpha value is -0.600. The summed E-state index contributed by atoms with van der Waals surface area (Å²) >= 11 is 3.15. The van der Waals surface area contributed by atoms with Gasteiger partial charge in [0.2, 0.25) is 10.0 Å². The van der Waals surface area contributed by atoms with Gasteiger partial charge in [0, 0.05) is 34.2 Å². The number of thioether (sulfide) groups is 1. The van der Waals surface area contributed by atoms with E-state index in [0.29, 0.717) is 28.1 Å². The summed E-state index contributed by atoms with van der Waals surface area (Å²) in [5.74, 6) is 0.816. The standard InChI is InChI=1S/C14H17NO3S3/c1-10-8-15(6-7-19-10)21(17,18)14-11-4-2-3-5-12(11)20-13(14)9-16/h2-5,10,16H,6-9H2,1H3. The largest absolute Gasteiger partial charge is 0.391 e. The van der Waals surface area contributed by atoms with Crippen molar-refractivity contribution in [3.63, 3.8) is 0 Å². The third-order valence-corrected chi connectivity index (χ3v) is 7.98. The summed E-state index contributed by atoms with van der Waals surface area (Å²) in [5, 5.41) is 10.6. The molecule has 1 N–H and O–H groups in total. The smallest absolute Gasteiger partial charge is 0.244 e. The molecule has 4 nitrogen and oxygen atoms in total. The van der Waals surface area contributed by atoms with Crippen molar-refractivity contribution in [1.82, 2.24) is 4.31 Å². The first-order chi connectivity index (χ1) is 10.0. The van der Waals surface area contributed by atoms with E-state index in [9.17, 15) is 13.5 Å². The summed E-state index contributed by atoms with van der Waals surface area (Å²) in [7, 11) is -3.55. The van der Waals surface area contributed by atoms with Gasteiger partial charge >= 0.3 is 0 Å². The number of benzene rings is 1. The lowest BCUT2D eigenvalue weighted by molar-refractivity contribution is 0.282. The Morgan fingerprint density at radius 2 is 2.14 bits per heavy atom. The average molecular weight is 343 g/mol. The molecule has 1 unspecified atom stereocenters. The van der Waals surface area contributed by atoms with E-state index in [4.69, 9.17) is 0 Å². The molecule has 0 spiro atoms. The van der Waals surface area contributed by atoms with Crippen LogP contribution in [0.25, 0.3) is 10.1 Å². The van der Waals surface area contributed by atoms with Gasteiger partial charge in [0.25, 0.3) is 0 Å². The third kappa shape index (κ3) is 2.73. The van der Waals surface area contributed by atoms with Crippen LogP contribution >= 0.6 is 23.1 Å². The fraction of sp³-hybridized carbons (Fsp3) is 0.429. The molecule has 1 aliphatic rings. The van der Waals surface area contributed by atoms with Crippen LogP contribution in [0.3, 0.4) is 0 Å². The molecular formula is C14H17NO3S3. The number of hydrogen-bond acceptors (Lipinski definition) is 5. The van der Waals surface area contributed by atoms with Crippen molar-refractivity contribution in [2.45, 2.75) is 23.7 Å². The summed E-state index contributed by atoms with van der Waals surface area (Å²) in [6.45, 7) is 2.87. The number of fused-ring (bicyclic) bond motifs is 1. The minimum absolute atomic E-state index is 0.244. The van der Waals surface area contributed by atoms with Crippen LogP contribution in [0.1, 0.15) is 11.8 Å². The highest BCUT2D eigenvalue weighted by Gasteiger charge is 2.33. The maximum atomic E-state index is 13.0. The molecule has 1 aliphatic heterocycles. The van der Waals surface area contributed by atoms with E-state index in [-0.39, 0.29) is 6.61 Å². The molecule has 0 bridgehead atoms. The second kappa shape index (κ2) is 5.89. The second-order valence-electron chi connectivity index (χ2n) is 5.05. The summed E-state index contributed by atoms with van der Waals surface area (Å²) < 4.78 is 28.5. The van der Waals surface area contributed by atoms with E-state index in [1.165, 1.54) is 11.3 Å². The molecule has 114 valence electrons. The number of thiophene rings is 1. The van der Waals surface area contributed by atoms with Gasteiger partial charge in [0.1, 0.15) is 4.90 Å². The van der Waals surface area contributed by atoms with Gasteiger partial charge in [-0.05, 0) is 6.07 Å². The highest BCUT2D eigenvalue weighted by Crippen LogP contribution is 2.37. The minimum atomic E-state index is -3.55. The molecule has 21 heavy (non-hydrogen) atoms. The fourth-order valence-electron chi connectivity index (χ4n) is 2.59. The summed E-state index contributed by atoms with van der Waals surface area (Å²) in [4.78, 5) is 0.826.